The van der Waals surface area contributed by atoms with Crippen LogP contribution in [0.4, 0.5) is 0 Å². The fraction of sp³-hybridized carbons (Fsp3) is 0.300. The average Bonchev–Trinajstić information content (AvgIpc) is 2.52. The minimum absolute atomic E-state index is 0.158. The van der Waals surface area contributed by atoms with Gasteiger partial charge in [-0.2, -0.15) is 0 Å². The van der Waals surface area contributed by atoms with E-state index in [1.54, 1.807) is 12.3 Å². The predicted octanol–water partition coefficient (Wildman–Crippen LogP) is 1.71. The summed E-state index contributed by atoms with van der Waals surface area (Å²) in [5, 5.41) is 0. The third-order valence-corrected chi connectivity index (χ3v) is 1.67. The highest BCUT2D eigenvalue weighted by molar-refractivity contribution is 5.95. The minimum Gasteiger partial charge on any atom is -0.342 e. The Balaban J connectivity index is 2.78. The lowest BCUT2D eigenvalue weighted by Crippen LogP contribution is -1.95. The van der Waals surface area contributed by atoms with Gasteiger partial charge in [0.05, 0.1) is 6.54 Å². The number of carbonyl (C=O) groups excluding carboxylic acids is 1. The number of nitrogens with zero attached hydrogens (tertiary/aromatic N) is 1. The largest absolute Gasteiger partial charge is 0.342 e. The molecule has 62 valence electrons. The first kappa shape index (κ1) is 8.61. The maximum Gasteiger partial charge on any atom is 0.164 e. The molecule has 2 nitrogen and oxygen atoms in total. The molecule has 0 aliphatic heterocycles. The number of hydrogen-bond donors (Lipinski definition) is 0. The molecule has 1 aromatic heterocycles. The SMILES string of the molecule is C#CCn1ccc(C(=O)CC)c1. The van der Waals surface area contributed by atoms with Crippen LogP contribution in [0.25, 0.3) is 0 Å². The van der Waals surface area contributed by atoms with Crippen molar-refractivity contribution in [3.8, 4) is 12.3 Å². The van der Waals surface area contributed by atoms with Crippen LogP contribution in [-0.2, 0) is 6.54 Å². The lowest BCUT2D eigenvalue weighted by molar-refractivity contribution is 0.0988. The molecular weight excluding hydrogens is 150 g/mol. The fourth-order valence-electron chi connectivity index (χ4n) is 1.01. The first-order valence-electron chi connectivity index (χ1n) is 3.90. The van der Waals surface area contributed by atoms with Crippen molar-refractivity contribution >= 4 is 5.78 Å². The molecule has 0 N–H and O–H groups in total. The Morgan fingerprint density at radius 1 is 1.75 bits per heavy atom. The molecule has 12 heavy (non-hydrogen) atoms. The van der Waals surface area contributed by atoms with Crippen molar-refractivity contribution in [2.45, 2.75) is 19.9 Å². The van der Waals surface area contributed by atoms with Crippen molar-refractivity contribution < 1.29 is 4.79 Å². The molecule has 0 aromatic carbocycles. The van der Waals surface area contributed by atoms with Crippen molar-refractivity contribution in [3.05, 3.63) is 24.0 Å². The summed E-state index contributed by atoms with van der Waals surface area (Å²) in [6, 6.07) is 1.79. The van der Waals surface area contributed by atoms with E-state index in [0.29, 0.717) is 13.0 Å². The van der Waals surface area contributed by atoms with Crippen LogP contribution in [0.15, 0.2) is 18.5 Å². The molecule has 0 aliphatic rings. The van der Waals surface area contributed by atoms with Crippen LogP contribution in [0.1, 0.15) is 23.7 Å². The number of ketones is 1. The van der Waals surface area contributed by atoms with Crippen LogP contribution in [-0.4, -0.2) is 10.4 Å². The standard InChI is InChI=1S/C10H11NO/c1-3-6-11-7-5-9(8-11)10(12)4-2/h1,5,7-8H,4,6H2,2H3. The highest BCUT2D eigenvalue weighted by Gasteiger charge is 2.03. The molecule has 1 rings (SSSR count). The van der Waals surface area contributed by atoms with E-state index in [4.69, 9.17) is 6.42 Å². The second-order valence-electron chi connectivity index (χ2n) is 2.55. The topological polar surface area (TPSA) is 22.0 Å². The Morgan fingerprint density at radius 2 is 2.50 bits per heavy atom. The van der Waals surface area contributed by atoms with Gasteiger partial charge in [-0.15, -0.1) is 6.42 Å². The van der Waals surface area contributed by atoms with Gasteiger partial charge < -0.3 is 4.57 Å². The molecule has 0 saturated carbocycles. The number of hydrogen-bond acceptors (Lipinski definition) is 1. The molecule has 0 bridgehead atoms. The van der Waals surface area contributed by atoms with Gasteiger partial charge in [-0.3, -0.25) is 4.79 Å². The summed E-state index contributed by atoms with van der Waals surface area (Å²) in [7, 11) is 0. The first-order valence-corrected chi connectivity index (χ1v) is 3.90. The van der Waals surface area contributed by atoms with E-state index in [2.05, 4.69) is 5.92 Å². The number of aromatic nitrogens is 1. The monoisotopic (exact) mass is 161 g/mol. The van der Waals surface area contributed by atoms with Gasteiger partial charge in [0.2, 0.25) is 0 Å². The van der Waals surface area contributed by atoms with Crippen LogP contribution >= 0.6 is 0 Å². The molecule has 2 heteroatoms. The van der Waals surface area contributed by atoms with Gasteiger partial charge in [-0.25, -0.2) is 0 Å². The van der Waals surface area contributed by atoms with E-state index in [0.717, 1.165) is 5.56 Å². The van der Waals surface area contributed by atoms with E-state index in [-0.39, 0.29) is 5.78 Å². The van der Waals surface area contributed by atoms with Crippen molar-refractivity contribution in [1.82, 2.24) is 4.57 Å². The summed E-state index contributed by atoms with van der Waals surface area (Å²) >= 11 is 0. The molecule has 0 radical (unpaired) electrons. The van der Waals surface area contributed by atoms with Gasteiger partial charge in [0.15, 0.2) is 5.78 Å². The zero-order valence-electron chi connectivity index (χ0n) is 7.08. The lowest BCUT2D eigenvalue weighted by atomic mass is 10.2. The highest BCUT2D eigenvalue weighted by atomic mass is 16.1. The van der Waals surface area contributed by atoms with Crippen molar-refractivity contribution in [2.75, 3.05) is 0 Å². The minimum atomic E-state index is 0.158. The maximum absolute atomic E-state index is 11.2. The zero-order valence-corrected chi connectivity index (χ0v) is 7.08. The molecular formula is C10H11NO. The van der Waals surface area contributed by atoms with Gasteiger partial charge in [0, 0.05) is 24.4 Å². The Labute approximate surface area is 72.2 Å². The van der Waals surface area contributed by atoms with Gasteiger partial charge >= 0.3 is 0 Å². The molecule has 0 unspecified atom stereocenters. The van der Waals surface area contributed by atoms with Crippen LogP contribution < -0.4 is 0 Å². The molecule has 0 fully saturated rings. The molecule has 1 aromatic rings. The molecule has 0 atom stereocenters. The summed E-state index contributed by atoms with van der Waals surface area (Å²) in [6.45, 7) is 2.37. The molecule has 1 heterocycles. The van der Waals surface area contributed by atoms with Crippen LogP contribution in [0.2, 0.25) is 0 Å². The van der Waals surface area contributed by atoms with E-state index >= 15 is 0 Å². The molecule has 0 spiro atoms. The Morgan fingerprint density at radius 3 is 3.08 bits per heavy atom. The number of carbonyl (C=O) groups is 1. The summed E-state index contributed by atoms with van der Waals surface area (Å²) in [5.41, 5.74) is 0.743. The van der Waals surface area contributed by atoms with E-state index < -0.39 is 0 Å². The third-order valence-electron chi connectivity index (χ3n) is 1.67. The van der Waals surface area contributed by atoms with Gasteiger partial charge in [0.1, 0.15) is 0 Å². The Hall–Kier alpha value is -1.49. The molecule has 0 saturated heterocycles. The smallest absolute Gasteiger partial charge is 0.164 e. The summed E-state index contributed by atoms with van der Waals surface area (Å²) in [5.74, 6) is 2.66. The number of rotatable bonds is 3. The van der Waals surface area contributed by atoms with Crippen molar-refractivity contribution in [3.63, 3.8) is 0 Å². The zero-order chi connectivity index (χ0) is 8.97. The van der Waals surface area contributed by atoms with Gasteiger partial charge in [0.25, 0.3) is 0 Å². The van der Waals surface area contributed by atoms with Gasteiger partial charge in [-0.1, -0.05) is 12.8 Å². The maximum atomic E-state index is 11.2. The Kier molecular flexibility index (Phi) is 2.71. The lowest BCUT2D eigenvalue weighted by Gasteiger charge is -1.92. The molecule has 0 aliphatic carbocycles. The molecule has 0 amide bonds. The van der Waals surface area contributed by atoms with Crippen molar-refractivity contribution in [1.29, 1.82) is 0 Å². The number of terminal acetylenes is 1. The highest BCUT2D eigenvalue weighted by Crippen LogP contribution is 2.04. The van der Waals surface area contributed by atoms with Crippen molar-refractivity contribution in [2.24, 2.45) is 0 Å². The van der Waals surface area contributed by atoms with Crippen LogP contribution in [0, 0.1) is 12.3 Å². The Bertz CT molecular complexity index is 317. The van der Waals surface area contributed by atoms with E-state index in [9.17, 15) is 4.79 Å². The summed E-state index contributed by atoms with van der Waals surface area (Å²) < 4.78 is 1.82. The summed E-state index contributed by atoms with van der Waals surface area (Å²) in [4.78, 5) is 11.2. The normalized spacial score (nSPS) is 9.33. The second-order valence-corrected chi connectivity index (χ2v) is 2.55. The van der Waals surface area contributed by atoms with E-state index in [1.807, 2.05) is 17.7 Å². The number of Topliss-reactive ketones (excluding diaryl/α,β-unsaturated/α-hetero) is 1. The second kappa shape index (κ2) is 3.77. The third kappa shape index (κ3) is 1.76. The van der Waals surface area contributed by atoms with Gasteiger partial charge in [-0.05, 0) is 6.07 Å². The van der Waals surface area contributed by atoms with E-state index in [1.165, 1.54) is 0 Å². The van der Waals surface area contributed by atoms with Crippen LogP contribution in [0.5, 0.6) is 0 Å². The summed E-state index contributed by atoms with van der Waals surface area (Å²) in [6.07, 6.45) is 9.27. The van der Waals surface area contributed by atoms with Crippen LogP contribution in [0.3, 0.4) is 0 Å². The first-order chi connectivity index (χ1) is 5.77. The average molecular weight is 161 g/mol. The fourth-order valence-corrected chi connectivity index (χ4v) is 1.01. The predicted molar refractivity (Wildman–Crippen MR) is 47.9 cm³/mol. The quantitative estimate of drug-likeness (QED) is 0.488.